The molecule has 0 aliphatic carbocycles. The number of rotatable bonds is 3. The fourth-order valence-electron chi connectivity index (χ4n) is 0.763. The summed E-state index contributed by atoms with van der Waals surface area (Å²) in [4.78, 5) is 12.7. The lowest BCUT2D eigenvalue weighted by Gasteiger charge is -2.15. The summed E-state index contributed by atoms with van der Waals surface area (Å²) in [6, 6.07) is 0. The Morgan fingerprint density at radius 2 is 2.10 bits per heavy atom. The maximum absolute atomic E-state index is 11.1. The Kier molecular flexibility index (Phi) is 3.77. The van der Waals surface area contributed by atoms with Gasteiger partial charge in [0.2, 0.25) is 5.91 Å². The molecule has 0 aliphatic heterocycles. The van der Waals surface area contributed by atoms with Gasteiger partial charge in [-0.05, 0) is 13.3 Å². The fraction of sp³-hybridized carbons (Fsp3) is 0.625. The standard InChI is InChI=1S/C8H15NO/c1-5-6-9(4)8(10)7(2)3/h2,5-6H2,1,3-4H3. The quantitative estimate of drug-likeness (QED) is 0.544. The molecule has 0 radical (unpaired) electrons. The summed E-state index contributed by atoms with van der Waals surface area (Å²) in [5.74, 6) is 0.0434. The molecule has 0 aromatic rings. The summed E-state index contributed by atoms with van der Waals surface area (Å²) in [5.41, 5.74) is 0.607. The van der Waals surface area contributed by atoms with E-state index in [0.29, 0.717) is 5.57 Å². The first-order valence-electron chi connectivity index (χ1n) is 3.50. The molecule has 2 nitrogen and oxygen atoms in total. The molecule has 0 saturated carbocycles. The van der Waals surface area contributed by atoms with Gasteiger partial charge in [-0.1, -0.05) is 13.5 Å². The molecule has 0 fully saturated rings. The number of hydrogen-bond donors (Lipinski definition) is 0. The molecule has 0 spiro atoms. The molecular weight excluding hydrogens is 126 g/mol. The zero-order valence-electron chi connectivity index (χ0n) is 6.98. The predicted octanol–water partition coefficient (Wildman–Crippen LogP) is 1.43. The molecule has 0 aromatic heterocycles. The highest BCUT2D eigenvalue weighted by molar-refractivity contribution is 5.91. The molecule has 0 aromatic carbocycles. The topological polar surface area (TPSA) is 20.3 Å². The van der Waals surface area contributed by atoms with Crippen molar-refractivity contribution in [1.29, 1.82) is 0 Å². The second-order valence-corrected chi connectivity index (χ2v) is 2.51. The van der Waals surface area contributed by atoms with E-state index in [4.69, 9.17) is 0 Å². The summed E-state index contributed by atoms with van der Waals surface area (Å²) < 4.78 is 0. The lowest BCUT2D eigenvalue weighted by atomic mass is 10.3. The van der Waals surface area contributed by atoms with Crippen LogP contribution < -0.4 is 0 Å². The van der Waals surface area contributed by atoms with E-state index in [1.54, 1.807) is 18.9 Å². The van der Waals surface area contributed by atoms with Crippen molar-refractivity contribution in [2.24, 2.45) is 0 Å². The zero-order valence-corrected chi connectivity index (χ0v) is 6.98. The Hall–Kier alpha value is -0.790. The van der Waals surface area contributed by atoms with Crippen LogP contribution in [0.5, 0.6) is 0 Å². The number of amides is 1. The number of likely N-dealkylation sites (N-methyl/N-ethyl adjacent to an activating group) is 1. The molecule has 0 heterocycles. The van der Waals surface area contributed by atoms with E-state index in [1.807, 2.05) is 6.92 Å². The number of carbonyl (C=O) groups is 1. The van der Waals surface area contributed by atoms with Gasteiger partial charge in [0, 0.05) is 19.2 Å². The molecule has 0 unspecified atom stereocenters. The van der Waals surface area contributed by atoms with Crippen LogP contribution >= 0.6 is 0 Å². The lowest BCUT2D eigenvalue weighted by Crippen LogP contribution is -2.27. The largest absolute Gasteiger partial charge is 0.342 e. The van der Waals surface area contributed by atoms with E-state index < -0.39 is 0 Å². The maximum Gasteiger partial charge on any atom is 0.248 e. The van der Waals surface area contributed by atoms with Crippen molar-refractivity contribution in [3.63, 3.8) is 0 Å². The van der Waals surface area contributed by atoms with Gasteiger partial charge in [0.1, 0.15) is 0 Å². The first kappa shape index (κ1) is 9.21. The third kappa shape index (κ3) is 2.67. The van der Waals surface area contributed by atoms with Crippen LogP contribution in [-0.2, 0) is 4.79 Å². The van der Waals surface area contributed by atoms with Crippen LogP contribution in [-0.4, -0.2) is 24.4 Å². The van der Waals surface area contributed by atoms with Crippen molar-refractivity contribution in [3.8, 4) is 0 Å². The first-order valence-corrected chi connectivity index (χ1v) is 3.50. The smallest absolute Gasteiger partial charge is 0.248 e. The fourth-order valence-corrected chi connectivity index (χ4v) is 0.763. The Morgan fingerprint density at radius 1 is 1.60 bits per heavy atom. The van der Waals surface area contributed by atoms with E-state index in [2.05, 4.69) is 6.58 Å². The second kappa shape index (κ2) is 4.09. The normalized spacial score (nSPS) is 9.10. The maximum atomic E-state index is 11.1. The average Bonchev–Trinajstić information content (AvgIpc) is 1.87. The zero-order chi connectivity index (χ0) is 8.15. The summed E-state index contributed by atoms with van der Waals surface area (Å²) in [6.45, 7) is 8.15. The SMILES string of the molecule is C=C(C)C(=O)N(C)CCC. The molecule has 0 N–H and O–H groups in total. The number of nitrogens with zero attached hydrogens (tertiary/aromatic N) is 1. The summed E-state index contributed by atoms with van der Waals surface area (Å²) in [5, 5.41) is 0. The summed E-state index contributed by atoms with van der Waals surface area (Å²) >= 11 is 0. The van der Waals surface area contributed by atoms with Gasteiger partial charge in [0.15, 0.2) is 0 Å². The minimum Gasteiger partial charge on any atom is -0.342 e. The van der Waals surface area contributed by atoms with Crippen LogP contribution in [0.15, 0.2) is 12.2 Å². The highest BCUT2D eigenvalue weighted by Gasteiger charge is 2.06. The molecule has 10 heavy (non-hydrogen) atoms. The van der Waals surface area contributed by atoms with Crippen molar-refractivity contribution in [2.45, 2.75) is 20.3 Å². The highest BCUT2D eigenvalue weighted by Crippen LogP contribution is 1.95. The molecule has 0 aliphatic rings. The molecule has 0 bridgehead atoms. The minimum atomic E-state index is 0.0434. The molecule has 0 atom stereocenters. The van der Waals surface area contributed by atoms with Gasteiger partial charge < -0.3 is 4.90 Å². The average molecular weight is 141 g/mol. The van der Waals surface area contributed by atoms with Crippen LogP contribution in [0.4, 0.5) is 0 Å². The predicted molar refractivity (Wildman–Crippen MR) is 42.7 cm³/mol. The van der Waals surface area contributed by atoms with Gasteiger partial charge in [-0.2, -0.15) is 0 Å². The van der Waals surface area contributed by atoms with Crippen LogP contribution in [0.2, 0.25) is 0 Å². The van der Waals surface area contributed by atoms with Gasteiger partial charge in [-0.3, -0.25) is 4.79 Å². The van der Waals surface area contributed by atoms with Crippen molar-refractivity contribution in [1.82, 2.24) is 4.90 Å². The van der Waals surface area contributed by atoms with Gasteiger partial charge >= 0.3 is 0 Å². The Balaban J connectivity index is 3.82. The Labute approximate surface area is 62.5 Å². The highest BCUT2D eigenvalue weighted by atomic mass is 16.2. The molecular formula is C8H15NO. The van der Waals surface area contributed by atoms with Crippen molar-refractivity contribution in [3.05, 3.63) is 12.2 Å². The third-order valence-corrected chi connectivity index (χ3v) is 1.27. The second-order valence-electron chi connectivity index (χ2n) is 2.51. The van der Waals surface area contributed by atoms with E-state index in [-0.39, 0.29) is 5.91 Å². The van der Waals surface area contributed by atoms with Gasteiger partial charge in [0.25, 0.3) is 0 Å². The Bertz CT molecular complexity index is 140. The van der Waals surface area contributed by atoms with E-state index in [9.17, 15) is 4.79 Å². The van der Waals surface area contributed by atoms with Gasteiger partial charge in [-0.15, -0.1) is 0 Å². The molecule has 0 rings (SSSR count). The molecule has 2 heteroatoms. The lowest BCUT2D eigenvalue weighted by molar-refractivity contribution is -0.125. The minimum absolute atomic E-state index is 0.0434. The van der Waals surface area contributed by atoms with Crippen LogP contribution in [0, 0.1) is 0 Å². The number of hydrogen-bond acceptors (Lipinski definition) is 1. The van der Waals surface area contributed by atoms with Crippen LogP contribution in [0.3, 0.4) is 0 Å². The Morgan fingerprint density at radius 3 is 2.40 bits per heavy atom. The van der Waals surface area contributed by atoms with Crippen molar-refractivity contribution < 1.29 is 4.79 Å². The first-order chi connectivity index (χ1) is 4.59. The summed E-state index contributed by atoms with van der Waals surface area (Å²) in [7, 11) is 1.79. The molecule has 1 amide bonds. The van der Waals surface area contributed by atoms with Crippen LogP contribution in [0.1, 0.15) is 20.3 Å². The van der Waals surface area contributed by atoms with Crippen molar-refractivity contribution >= 4 is 5.91 Å². The van der Waals surface area contributed by atoms with Crippen molar-refractivity contribution in [2.75, 3.05) is 13.6 Å². The van der Waals surface area contributed by atoms with Crippen LogP contribution in [0.25, 0.3) is 0 Å². The molecule has 0 saturated heterocycles. The van der Waals surface area contributed by atoms with Gasteiger partial charge in [0.05, 0.1) is 0 Å². The van der Waals surface area contributed by atoms with E-state index >= 15 is 0 Å². The third-order valence-electron chi connectivity index (χ3n) is 1.27. The van der Waals surface area contributed by atoms with E-state index in [0.717, 1.165) is 13.0 Å². The van der Waals surface area contributed by atoms with E-state index in [1.165, 1.54) is 0 Å². The van der Waals surface area contributed by atoms with Gasteiger partial charge in [-0.25, -0.2) is 0 Å². The summed E-state index contributed by atoms with van der Waals surface area (Å²) in [6.07, 6.45) is 0.996. The number of carbonyl (C=O) groups excluding carboxylic acids is 1. The monoisotopic (exact) mass is 141 g/mol. The molecule has 58 valence electrons.